The molecule has 1 N–H and O–H groups in total. The van der Waals surface area contributed by atoms with Crippen molar-refractivity contribution in [3.8, 4) is 0 Å². The molecule has 0 aromatic carbocycles. The van der Waals surface area contributed by atoms with E-state index in [4.69, 9.17) is 4.42 Å². The molecule has 84 valence electrons. The van der Waals surface area contributed by atoms with Gasteiger partial charge in [-0.15, -0.1) is 0 Å². The van der Waals surface area contributed by atoms with Gasteiger partial charge in [0.05, 0.1) is 11.8 Å². The summed E-state index contributed by atoms with van der Waals surface area (Å²) in [5, 5.41) is 2.86. The van der Waals surface area contributed by atoms with E-state index in [1.807, 2.05) is 0 Å². The van der Waals surface area contributed by atoms with Gasteiger partial charge in [0.25, 0.3) is 5.91 Å². The molecule has 0 aliphatic carbocycles. The highest BCUT2D eigenvalue weighted by Crippen LogP contribution is 2.09. The number of carbonyl (C=O) groups is 1. The first-order chi connectivity index (χ1) is 7.11. The van der Waals surface area contributed by atoms with Crippen molar-refractivity contribution >= 4 is 21.8 Å². The van der Waals surface area contributed by atoms with Crippen LogP contribution < -0.4 is 5.32 Å². The van der Waals surface area contributed by atoms with E-state index in [1.165, 1.54) is 6.26 Å². The van der Waals surface area contributed by atoms with Crippen molar-refractivity contribution in [3.05, 3.63) is 23.7 Å². The summed E-state index contributed by atoms with van der Waals surface area (Å²) in [6.07, 6.45) is 3.57. The number of hydrogen-bond acceptors (Lipinski definition) is 2. The van der Waals surface area contributed by atoms with E-state index >= 15 is 0 Å². The van der Waals surface area contributed by atoms with Gasteiger partial charge in [-0.25, -0.2) is 0 Å². The van der Waals surface area contributed by atoms with Crippen molar-refractivity contribution in [1.82, 2.24) is 5.32 Å². The Balaban J connectivity index is 2.28. The zero-order chi connectivity index (χ0) is 11.3. The van der Waals surface area contributed by atoms with Gasteiger partial charge in [0, 0.05) is 11.4 Å². The Morgan fingerprint density at radius 3 is 2.93 bits per heavy atom. The molecule has 15 heavy (non-hydrogen) atoms. The molecule has 1 heterocycles. The summed E-state index contributed by atoms with van der Waals surface area (Å²) in [4.78, 5) is 12.1. The van der Waals surface area contributed by atoms with Gasteiger partial charge in [0.15, 0.2) is 0 Å². The second kappa shape index (κ2) is 5.95. The molecule has 0 fully saturated rings. The van der Waals surface area contributed by atoms with Crippen LogP contribution in [0, 0.1) is 6.92 Å². The largest absolute Gasteiger partial charge is 0.469 e. The van der Waals surface area contributed by atoms with Crippen molar-refractivity contribution in [3.63, 3.8) is 0 Å². The highest BCUT2D eigenvalue weighted by Gasteiger charge is 2.10. The molecule has 1 rings (SSSR count). The molecular formula is C11H16BrNO2. The molecule has 1 unspecified atom stereocenters. The molecule has 0 radical (unpaired) electrons. The summed E-state index contributed by atoms with van der Waals surface area (Å²) < 4.78 is 5.06. The molecule has 1 amide bonds. The SMILES string of the molecule is Cc1occc1C(=O)NCCCC(C)Br. The number of furan rings is 1. The third-order valence-electron chi connectivity index (χ3n) is 2.17. The number of amides is 1. The molecule has 4 heteroatoms. The smallest absolute Gasteiger partial charge is 0.254 e. The Hall–Kier alpha value is -0.770. The number of carbonyl (C=O) groups excluding carboxylic acids is 1. The maximum Gasteiger partial charge on any atom is 0.254 e. The van der Waals surface area contributed by atoms with Crippen LogP contribution in [0.5, 0.6) is 0 Å². The highest BCUT2D eigenvalue weighted by atomic mass is 79.9. The molecular weight excluding hydrogens is 258 g/mol. The average molecular weight is 274 g/mol. The van der Waals surface area contributed by atoms with E-state index < -0.39 is 0 Å². The zero-order valence-corrected chi connectivity index (χ0v) is 10.6. The van der Waals surface area contributed by atoms with Gasteiger partial charge in [-0.3, -0.25) is 4.79 Å². The van der Waals surface area contributed by atoms with Crippen LogP contribution in [0.15, 0.2) is 16.7 Å². The highest BCUT2D eigenvalue weighted by molar-refractivity contribution is 9.09. The minimum atomic E-state index is -0.0523. The summed E-state index contributed by atoms with van der Waals surface area (Å²) >= 11 is 3.46. The summed E-state index contributed by atoms with van der Waals surface area (Å²) in [7, 11) is 0. The third-order valence-corrected chi connectivity index (χ3v) is 2.63. The van der Waals surface area contributed by atoms with Gasteiger partial charge in [0.1, 0.15) is 5.76 Å². The van der Waals surface area contributed by atoms with Crippen molar-refractivity contribution in [1.29, 1.82) is 0 Å². The summed E-state index contributed by atoms with van der Waals surface area (Å²) in [5.41, 5.74) is 0.627. The molecule has 1 aromatic rings. The van der Waals surface area contributed by atoms with Crippen molar-refractivity contribution in [2.75, 3.05) is 6.54 Å². The number of rotatable bonds is 5. The van der Waals surface area contributed by atoms with Crippen LogP contribution >= 0.6 is 15.9 Å². The third kappa shape index (κ3) is 4.08. The summed E-state index contributed by atoms with van der Waals surface area (Å²) in [6.45, 7) is 4.59. The van der Waals surface area contributed by atoms with Crippen LogP contribution in [0.2, 0.25) is 0 Å². The lowest BCUT2D eigenvalue weighted by Crippen LogP contribution is -2.24. The van der Waals surface area contributed by atoms with E-state index in [0.717, 1.165) is 12.8 Å². The first-order valence-corrected chi connectivity index (χ1v) is 5.99. The fourth-order valence-corrected chi connectivity index (χ4v) is 1.62. The van der Waals surface area contributed by atoms with E-state index in [9.17, 15) is 4.79 Å². The fourth-order valence-electron chi connectivity index (χ4n) is 1.30. The second-order valence-corrected chi connectivity index (χ2v) is 5.13. The average Bonchev–Trinajstić information content (AvgIpc) is 2.58. The van der Waals surface area contributed by atoms with E-state index in [1.54, 1.807) is 13.0 Å². The molecule has 3 nitrogen and oxygen atoms in total. The Bertz CT molecular complexity index is 320. The van der Waals surface area contributed by atoms with E-state index in [0.29, 0.717) is 22.7 Å². The van der Waals surface area contributed by atoms with Crippen molar-refractivity contribution in [2.45, 2.75) is 31.5 Å². The summed E-state index contributed by atoms with van der Waals surface area (Å²) in [6, 6.07) is 1.69. The van der Waals surface area contributed by atoms with Crippen LogP contribution in [-0.2, 0) is 0 Å². The topological polar surface area (TPSA) is 42.2 Å². The Morgan fingerprint density at radius 1 is 1.67 bits per heavy atom. The van der Waals surface area contributed by atoms with E-state index in [-0.39, 0.29) is 5.91 Å². The number of hydrogen-bond donors (Lipinski definition) is 1. The van der Waals surface area contributed by atoms with Crippen LogP contribution in [0.3, 0.4) is 0 Å². The van der Waals surface area contributed by atoms with Gasteiger partial charge < -0.3 is 9.73 Å². The Kier molecular flexibility index (Phi) is 4.88. The van der Waals surface area contributed by atoms with Crippen LogP contribution in [0.4, 0.5) is 0 Å². The minimum Gasteiger partial charge on any atom is -0.469 e. The predicted octanol–water partition coefficient (Wildman–Crippen LogP) is 2.88. The number of alkyl halides is 1. The monoisotopic (exact) mass is 273 g/mol. The Morgan fingerprint density at radius 2 is 2.40 bits per heavy atom. The number of aryl methyl sites for hydroxylation is 1. The molecule has 0 aliphatic heterocycles. The zero-order valence-electron chi connectivity index (χ0n) is 9.05. The van der Waals surface area contributed by atoms with E-state index in [2.05, 4.69) is 28.2 Å². The Labute approximate surface area is 98.4 Å². The number of nitrogens with one attached hydrogen (secondary N) is 1. The molecule has 0 spiro atoms. The molecule has 0 saturated carbocycles. The molecule has 1 atom stereocenters. The maximum absolute atomic E-state index is 11.6. The molecule has 0 saturated heterocycles. The first-order valence-electron chi connectivity index (χ1n) is 5.07. The lowest BCUT2D eigenvalue weighted by atomic mass is 10.2. The number of halogens is 1. The van der Waals surface area contributed by atoms with Gasteiger partial charge in [0.2, 0.25) is 0 Å². The minimum absolute atomic E-state index is 0.0523. The standard InChI is InChI=1S/C11H16BrNO2/c1-8(12)4-3-6-13-11(14)10-5-7-15-9(10)2/h5,7-8H,3-4,6H2,1-2H3,(H,13,14). The summed E-state index contributed by atoms with van der Waals surface area (Å²) in [5.74, 6) is 0.616. The maximum atomic E-state index is 11.6. The van der Waals surface area contributed by atoms with Crippen molar-refractivity contribution in [2.24, 2.45) is 0 Å². The van der Waals surface area contributed by atoms with Gasteiger partial charge in [-0.05, 0) is 25.8 Å². The first kappa shape index (κ1) is 12.3. The van der Waals surface area contributed by atoms with Crippen LogP contribution in [0.25, 0.3) is 0 Å². The fraction of sp³-hybridized carbons (Fsp3) is 0.545. The molecule has 0 aliphatic rings. The predicted molar refractivity (Wildman–Crippen MR) is 63.4 cm³/mol. The van der Waals surface area contributed by atoms with Crippen LogP contribution in [0.1, 0.15) is 35.9 Å². The van der Waals surface area contributed by atoms with Gasteiger partial charge >= 0.3 is 0 Å². The molecule has 0 bridgehead atoms. The molecule has 1 aromatic heterocycles. The lowest BCUT2D eigenvalue weighted by Gasteiger charge is -2.05. The second-order valence-electron chi connectivity index (χ2n) is 3.57. The van der Waals surface area contributed by atoms with Gasteiger partial charge in [-0.2, -0.15) is 0 Å². The quantitative estimate of drug-likeness (QED) is 0.662. The van der Waals surface area contributed by atoms with Crippen molar-refractivity contribution < 1.29 is 9.21 Å². The van der Waals surface area contributed by atoms with Gasteiger partial charge in [-0.1, -0.05) is 22.9 Å². The van der Waals surface area contributed by atoms with Crippen LogP contribution in [-0.4, -0.2) is 17.3 Å². The normalized spacial score (nSPS) is 12.5. The lowest BCUT2D eigenvalue weighted by molar-refractivity contribution is 0.0951.